The van der Waals surface area contributed by atoms with E-state index in [1.165, 1.54) is 0 Å². The summed E-state index contributed by atoms with van der Waals surface area (Å²) in [5, 5.41) is 9.78. The third-order valence-corrected chi connectivity index (χ3v) is 4.65. The minimum Gasteiger partial charge on any atom is -0.330 e. The van der Waals surface area contributed by atoms with Crippen LogP contribution in [0.15, 0.2) is 28.7 Å². The van der Waals surface area contributed by atoms with E-state index in [9.17, 15) is 5.26 Å². The summed E-state index contributed by atoms with van der Waals surface area (Å²) >= 11 is 9.40. The second-order valence-electron chi connectivity index (χ2n) is 4.86. The van der Waals surface area contributed by atoms with E-state index in [4.69, 9.17) is 11.6 Å². The minimum atomic E-state index is -0.633. The zero-order valence-electron chi connectivity index (χ0n) is 11.9. The molecule has 110 valence electrons. The molecule has 0 bridgehead atoms. The number of rotatable bonds is 2. The van der Waals surface area contributed by atoms with E-state index in [1.807, 2.05) is 42.8 Å². The Bertz CT molecular complexity index is 912. The zero-order valence-corrected chi connectivity index (χ0v) is 14.2. The molecule has 7 heteroatoms. The number of hydrogen-bond acceptors (Lipinski definition) is 4. The maximum absolute atomic E-state index is 9.66. The Morgan fingerprint density at radius 2 is 2.00 bits per heavy atom. The Kier molecular flexibility index (Phi) is 3.85. The van der Waals surface area contributed by atoms with Crippen LogP contribution in [0.1, 0.15) is 23.1 Å². The van der Waals surface area contributed by atoms with Crippen LogP contribution in [-0.4, -0.2) is 19.5 Å². The third-order valence-electron chi connectivity index (χ3n) is 3.50. The number of fused-ring (bicyclic) bond motifs is 1. The molecule has 2 heterocycles. The van der Waals surface area contributed by atoms with Crippen molar-refractivity contribution in [1.29, 1.82) is 5.26 Å². The number of aromatic nitrogens is 4. The third kappa shape index (κ3) is 2.36. The van der Waals surface area contributed by atoms with Crippen molar-refractivity contribution >= 4 is 38.6 Å². The molecule has 0 aliphatic rings. The highest BCUT2D eigenvalue weighted by Gasteiger charge is 2.25. The van der Waals surface area contributed by atoms with Gasteiger partial charge in [-0.15, -0.1) is 0 Å². The Morgan fingerprint density at radius 1 is 1.27 bits per heavy atom. The largest absolute Gasteiger partial charge is 0.330 e. The molecular formula is C15H11BrClN5. The number of hydrogen-bond donors (Lipinski definition) is 0. The van der Waals surface area contributed by atoms with Gasteiger partial charge in [0.2, 0.25) is 5.28 Å². The molecular weight excluding hydrogens is 366 g/mol. The lowest BCUT2D eigenvalue weighted by Gasteiger charge is -2.12. The maximum Gasteiger partial charge on any atom is 0.222 e. The molecule has 2 aromatic heterocycles. The van der Waals surface area contributed by atoms with Gasteiger partial charge in [0.05, 0.1) is 33.0 Å². The van der Waals surface area contributed by atoms with Crippen molar-refractivity contribution < 1.29 is 0 Å². The summed E-state index contributed by atoms with van der Waals surface area (Å²) in [6.45, 7) is 1.81. The van der Waals surface area contributed by atoms with Gasteiger partial charge in [-0.3, -0.25) is 0 Å². The van der Waals surface area contributed by atoms with Crippen LogP contribution in [0.25, 0.3) is 11.0 Å². The van der Waals surface area contributed by atoms with Crippen LogP contribution in [0.3, 0.4) is 0 Å². The van der Waals surface area contributed by atoms with E-state index in [2.05, 4.69) is 37.0 Å². The lowest BCUT2D eigenvalue weighted by atomic mass is 10.1. The average Bonchev–Trinajstić information content (AvgIpc) is 2.82. The van der Waals surface area contributed by atoms with Crippen LogP contribution in [0, 0.1) is 18.3 Å². The number of benzene rings is 1. The standard InChI is InChI=1S/C15H11BrClN5/c1-8-12(16)13(21-15(17)19-8)9(7-18)14-20-10-5-3-4-6-11(10)22(14)2/h3-6,9H,1-2H3/t9-/m1/s1. The summed E-state index contributed by atoms with van der Waals surface area (Å²) in [6, 6.07) is 10.0. The van der Waals surface area contributed by atoms with Gasteiger partial charge in [0.25, 0.3) is 0 Å². The molecule has 0 saturated heterocycles. The second-order valence-corrected chi connectivity index (χ2v) is 5.99. The van der Waals surface area contributed by atoms with E-state index in [0.717, 1.165) is 11.0 Å². The monoisotopic (exact) mass is 375 g/mol. The molecule has 22 heavy (non-hydrogen) atoms. The normalized spacial score (nSPS) is 12.3. The predicted octanol–water partition coefficient (Wildman–Crippen LogP) is 3.74. The summed E-state index contributed by atoms with van der Waals surface area (Å²) < 4.78 is 2.58. The molecule has 1 atom stereocenters. The van der Waals surface area contributed by atoms with Crippen molar-refractivity contribution in [3.63, 3.8) is 0 Å². The van der Waals surface area contributed by atoms with Gasteiger partial charge in [-0.2, -0.15) is 5.26 Å². The first-order valence-electron chi connectivity index (χ1n) is 6.53. The summed E-state index contributed by atoms with van der Waals surface area (Å²) in [5.74, 6) is -0.00968. The van der Waals surface area contributed by atoms with Gasteiger partial charge in [0, 0.05) is 7.05 Å². The first kappa shape index (κ1) is 14.9. The van der Waals surface area contributed by atoms with Gasteiger partial charge >= 0.3 is 0 Å². The summed E-state index contributed by atoms with van der Waals surface area (Å²) in [7, 11) is 1.89. The fourth-order valence-corrected chi connectivity index (χ4v) is 3.03. The number of nitriles is 1. The number of aryl methyl sites for hydroxylation is 2. The molecule has 0 unspecified atom stereocenters. The maximum atomic E-state index is 9.66. The Morgan fingerprint density at radius 3 is 2.68 bits per heavy atom. The Hall–Kier alpha value is -1.97. The SMILES string of the molecule is Cc1nc(Cl)nc([C@@H](C#N)c2nc3ccccc3n2C)c1Br. The van der Waals surface area contributed by atoms with Crippen LogP contribution in [0.4, 0.5) is 0 Å². The van der Waals surface area contributed by atoms with Crippen molar-refractivity contribution in [3.8, 4) is 6.07 Å². The van der Waals surface area contributed by atoms with Crippen LogP contribution in [-0.2, 0) is 7.05 Å². The molecule has 5 nitrogen and oxygen atoms in total. The Labute approximate surface area is 140 Å². The van der Waals surface area contributed by atoms with Crippen LogP contribution >= 0.6 is 27.5 Å². The van der Waals surface area contributed by atoms with Gasteiger partial charge < -0.3 is 4.57 Å². The van der Waals surface area contributed by atoms with Gasteiger partial charge in [0.1, 0.15) is 11.7 Å². The van der Waals surface area contributed by atoms with Crippen molar-refractivity contribution in [2.24, 2.45) is 7.05 Å². The lowest BCUT2D eigenvalue weighted by Crippen LogP contribution is -2.10. The van der Waals surface area contributed by atoms with E-state index in [1.54, 1.807) is 0 Å². The van der Waals surface area contributed by atoms with Gasteiger partial charge in [-0.25, -0.2) is 15.0 Å². The van der Waals surface area contributed by atoms with E-state index in [0.29, 0.717) is 21.7 Å². The lowest BCUT2D eigenvalue weighted by molar-refractivity contribution is 0.776. The highest BCUT2D eigenvalue weighted by molar-refractivity contribution is 9.10. The quantitative estimate of drug-likeness (QED) is 0.639. The number of nitrogens with zero attached hydrogens (tertiary/aromatic N) is 5. The highest BCUT2D eigenvalue weighted by atomic mass is 79.9. The fraction of sp³-hybridized carbons (Fsp3) is 0.200. The molecule has 3 aromatic rings. The molecule has 1 aromatic carbocycles. The molecule has 0 aliphatic heterocycles. The smallest absolute Gasteiger partial charge is 0.222 e. The van der Waals surface area contributed by atoms with E-state index < -0.39 is 5.92 Å². The van der Waals surface area contributed by atoms with Crippen LogP contribution < -0.4 is 0 Å². The summed E-state index contributed by atoms with van der Waals surface area (Å²) in [5.41, 5.74) is 3.02. The Balaban J connectivity index is 2.24. The van der Waals surface area contributed by atoms with Crippen molar-refractivity contribution in [3.05, 3.63) is 51.2 Å². The van der Waals surface area contributed by atoms with Gasteiger partial charge in [-0.1, -0.05) is 12.1 Å². The molecule has 0 N–H and O–H groups in total. The minimum absolute atomic E-state index is 0.120. The van der Waals surface area contributed by atoms with Crippen molar-refractivity contribution in [2.75, 3.05) is 0 Å². The number of para-hydroxylation sites is 2. The molecule has 0 amide bonds. The van der Waals surface area contributed by atoms with E-state index in [-0.39, 0.29) is 5.28 Å². The summed E-state index contributed by atoms with van der Waals surface area (Å²) in [6.07, 6.45) is 0. The average molecular weight is 377 g/mol. The first-order chi connectivity index (χ1) is 10.5. The topological polar surface area (TPSA) is 67.4 Å². The molecule has 0 fully saturated rings. The first-order valence-corrected chi connectivity index (χ1v) is 7.70. The summed E-state index contributed by atoms with van der Waals surface area (Å²) in [4.78, 5) is 12.9. The van der Waals surface area contributed by atoms with Gasteiger partial charge in [-0.05, 0) is 46.6 Å². The molecule has 0 spiro atoms. The number of halogens is 2. The molecule has 0 radical (unpaired) electrons. The zero-order chi connectivity index (χ0) is 15.9. The molecule has 0 aliphatic carbocycles. The second kappa shape index (κ2) is 5.67. The van der Waals surface area contributed by atoms with Crippen LogP contribution in [0.5, 0.6) is 0 Å². The van der Waals surface area contributed by atoms with E-state index >= 15 is 0 Å². The van der Waals surface area contributed by atoms with Crippen molar-refractivity contribution in [2.45, 2.75) is 12.8 Å². The molecule has 3 rings (SSSR count). The highest BCUT2D eigenvalue weighted by Crippen LogP contribution is 2.31. The number of imidazole rings is 1. The molecule has 0 saturated carbocycles. The van der Waals surface area contributed by atoms with Crippen LogP contribution in [0.2, 0.25) is 5.28 Å². The predicted molar refractivity (Wildman–Crippen MR) is 87.6 cm³/mol. The fourth-order valence-electron chi connectivity index (χ4n) is 2.40. The van der Waals surface area contributed by atoms with Crippen molar-refractivity contribution in [1.82, 2.24) is 19.5 Å². The van der Waals surface area contributed by atoms with Gasteiger partial charge in [0.15, 0.2) is 0 Å².